The monoisotopic (exact) mass is 545 g/mol. The molecule has 1 aliphatic heterocycles. The summed E-state index contributed by atoms with van der Waals surface area (Å²) in [6.07, 6.45) is 2.78. The van der Waals surface area contributed by atoms with E-state index < -0.39 is 11.7 Å². The first kappa shape index (κ1) is 26.5. The van der Waals surface area contributed by atoms with Crippen LogP contribution < -0.4 is 14.7 Å². The molecule has 1 aliphatic carbocycles. The maximum atomic E-state index is 13.6. The highest BCUT2D eigenvalue weighted by Gasteiger charge is 2.36. The summed E-state index contributed by atoms with van der Waals surface area (Å²) in [6.45, 7) is 4.54. The van der Waals surface area contributed by atoms with Crippen LogP contribution in [-0.2, 0) is 6.18 Å². The van der Waals surface area contributed by atoms with Gasteiger partial charge in [-0.25, -0.2) is 4.98 Å². The van der Waals surface area contributed by atoms with Gasteiger partial charge in [-0.2, -0.15) is 28.1 Å². The second kappa shape index (κ2) is 11.3. The Balaban J connectivity index is 1.44. The van der Waals surface area contributed by atoms with E-state index in [4.69, 9.17) is 26.6 Å². The predicted octanol–water partition coefficient (Wildman–Crippen LogP) is 6.09. The Morgan fingerprint density at radius 1 is 0.947 bits per heavy atom. The number of alkyl halides is 3. The molecule has 0 atom stereocenters. The number of benzene rings is 1. The number of halogens is 4. The van der Waals surface area contributed by atoms with Gasteiger partial charge in [0.15, 0.2) is 5.82 Å². The summed E-state index contributed by atoms with van der Waals surface area (Å²) in [7, 11) is 0. The minimum atomic E-state index is -4.46. The van der Waals surface area contributed by atoms with E-state index in [2.05, 4.69) is 16.8 Å². The summed E-state index contributed by atoms with van der Waals surface area (Å²) in [4.78, 5) is 24.6. The Kier molecular flexibility index (Phi) is 7.88. The molecule has 0 bridgehead atoms. The number of aromatic nitrogens is 4. The van der Waals surface area contributed by atoms with E-state index in [1.807, 2.05) is 23.1 Å². The molecule has 3 aromatic rings. The van der Waals surface area contributed by atoms with Gasteiger partial charge in [-0.3, -0.25) is 0 Å². The van der Waals surface area contributed by atoms with E-state index in [0.717, 1.165) is 31.0 Å². The van der Waals surface area contributed by atoms with Crippen molar-refractivity contribution in [2.45, 2.75) is 51.2 Å². The highest BCUT2D eigenvalue weighted by atomic mass is 35.5. The molecule has 38 heavy (non-hydrogen) atoms. The second-order valence-electron chi connectivity index (χ2n) is 9.69. The van der Waals surface area contributed by atoms with Crippen molar-refractivity contribution in [1.82, 2.24) is 19.9 Å². The van der Waals surface area contributed by atoms with Gasteiger partial charge in [-0.05, 0) is 44.0 Å². The van der Waals surface area contributed by atoms with Crippen molar-refractivity contribution in [2.24, 2.45) is 0 Å². The van der Waals surface area contributed by atoms with Crippen molar-refractivity contribution in [3.63, 3.8) is 0 Å². The first-order chi connectivity index (χ1) is 18.3. The van der Waals surface area contributed by atoms with Crippen LogP contribution in [0.25, 0.3) is 11.4 Å². The standard InChI is InChI=1S/C27H31ClF3N7/c1-2-38(21-10-4-3-5-11-21)26-34-23(19-8-6-9-20(28)18-19)33-25(35-26)37-16-14-36(15-17-37)24-22(27(29,30)31)12-7-13-32-24/h6-9,12-13,18,21H,2-5,10-11,14-17H2,1H3. The Morgan fingerprint density at radius 2 is 1.68 bits per heavy atom. The second-order valence-corrected chi connectivity index (χ2v) is 10.1. The lowest BCUT2D eigenvalue weighted by atomic mass is 9.94. The molecule has 11 heteroatoms. The van der Waals surface area contributed by atoms with E-state index in [1.54, 1.807) is 11.0 Å². The normalized spacial score (nSPS) is 17.1. The average Bonchev–Trinajstić information content (AvgIpc) is 2.93. The summed E-state index contributed by atoms with van der Waals surface area (Å²) in [5.41, 5.74) is 0.0780. The van der Waals surface area contributed by atoms with Crippen molar-refractivity contribution in [2.75, 3.05) is 47.4 Å². The largest absolute Gasteiger partial charge is 0.419 e. The summed E-state index contributed by atoms with van der Waals surface area (Å²) >= 11 is 6.27. The number of nitrogens with zero attached hydrogens (tertiary/aromatic N) is 7. The minimum absolute atomic E-state index is 0.0370. The van der Waals surface area contributed by atoms with Gasteiger partial charge >= 0.3 is 6.18 Å². The first-order valence-electron chi connectivity index (χ1n) is 13.1. The maximum absolute atomic E-state index is 13.6. The van der Waals surface area contributed by atoms with E-state index >= 15 is 0 Å². The lowest BCUT2D eigenvalue weighted by Crippen LogP contribution is -2.48. The molecular formula is C27H31ClF3N7. The number of rotatable bonds is 6. The lowest BCUT2D eigenvalue weighted by Gasteiger charge is -2.37. The number of hydrogen-bond donors (Lipinski definition) is 0. The lowest BCUT2D eigenvalue weighted by molar-refractivity contribution is -0.137. The number of anilines is 3. The predicted molar refractivity (Wildman–Crippen MR) is 144 cm³/mol. The maximum Gasteiger partial charge on any atom is 0.419 e. The molecule has 5 rings (SSSR count). The Labute approximate surface area is 225 Å². The van der Waals surface area contributed by atoms with Gasteiger partial charge in [0, 0.05) is 55.5 Å². The van der Waals surface area contributed by atoms with Crippen LogP contribution in [0, 0.1) is 0 Å². The molecular weight excluding hydrogens is 515 g/mol. The third kappa shape index (κ3) is 5.80. The van der Waals surface area contributed by atoms with Crippen LogP contribution in [0.2, 0.25) is 5.02 Å². The molecule has 2 aliphatic rings. The molecule has 3 heterocycles. The van der Waals surface area contributed by atoms with Crippen LogP contribution in [-0.4, -0.2) is 58.7 Å². The van der Waals surface area contributed by atoms with Crippen molar-refractivity contribution >= 4 is 29.3 Å². The van der Waals surface area contributed by atoms with Gasteiger partial charge in [-0.1, -0.05) is 43.0 Å². The molecule has 0 spiro atoms. The summed E-state index contributed by atoms with van der Waals surface area (Å²) in [5, 5.41) is 0.593. The molecule has 1 saturated heterocycles. The van der Waals surface area contributed by atoms with Gasteiger partial charge in [0.1, 0.15) is 5.82 Å². The fraction of sp³-hybridized carbons (Fsp3) is 0.481. The van der Waals surface area contributed by atoms with Crippen LogP contribution >= 0.6 is 11.6 Å². The topological polar surface area (TPSA) is 61.3 Å². The van der Waals surface area contributed by atoms with Crippen molar-refractivity contribution in [1.29, 1.82) is 0 Å². The number of pyridine rings is 1. The smallest absolute Gasteiger partial charge is 0.353 e. The van der Waals surface area contributed by atoms with E-state index in [1.165, 1.54) is 31.5 Å². The summed E-state index contributed by atoms with van der Waals surface area (Å²) in [5.74, 6) is 1.65. The fourth-order valence-electron chi connectivity index (χ4n) is 5.32. The average molecular weight is 546 g/mol. The van der Waals surface area contributed by atoms with Gasteiger partial charge in [0.25, 0.3) is 0 Å². The molecule has 0 radical (unpaired) electrons. The third-order valence-electron chi connectivity index (χ3n) is 7.26. The number of hydrogen-bond acceptors (Lipinski definition) is 7. The van der Waals surface area contributed by atoms with Gasteiger partial charge in [-0.15, -0.1) is 0 Å². The molecule has 7 nitrogen and oxygen atoms in total. The third-order valence-corrected chi connectivity index (χ3v) is 7.50. The Bertz CT molecular complexity index is 1240. The van der Waals surface area contributed by atoms with Crippen LogP contribution in [0.5, 0.6) is 0 Å². The highest BCUT2D eigenvalue weighted by Crippen LogP contribution is 2.36. The van der Waals surface area contributed by atoms with Crippen molar-refractivity contribution in [3.05, 3.63) is 53.2 Å². The molecule has 2 aromatic heterocycles. The number of piperazine rings is 1. The van der Waals surface area contributed by atoms with Crippen molar-refractivity contribution < 1.29 is 13.2 Å². The Morgan fingerprint density at radius 3 is 2.37 bits per heavy atom. The fourth-order valence-corrected chi connectivity index (χ4v) is 5.51. The van der Waals surface area contributed by atoms with Crippen LogP contribution in [0.4, 0.5) is 30.9 Å². The first-order valence-corrected chi connectivity index (χ1v) is 13.5. The van der Waals surface area contributed by atoms with E-state index in [0.29, 0.717) is 55.0 Å². The van der Waals surface area contributed by atoms with Crippen LogP contribution in [0.15, 0.2) is 42.6 Å². The zero-order valence-electron chi connectivity index (χ0n) is 21.3. The van der Waals surface area contributed by atoms with Crippen LogP contribution in [0.1, 0.15) is 44.6 Å². The molecule has 0 amide bonds. The highest BCUT2D eigenvalue weighted by molar-refractivity contribution is 6.30. The zero-order valence-corrected chi connectivity index (χ0v) is 22.1. The quantitative estimate of drug-likeness (QED) is 0.371. The van der Waals surface area contributed by atoms with E-state index in [-0.39, 0.29) is 5.82 Å². The summed E-state index contributed by atoms with van der Waals surface area (Å²) in [6, 6.07) is 10.2. The van der Waals surface area contributed by atoms with E-state index in [9.17, 15) is 13.2 Å². The van der Waals surface area contributed by atoms with Gasteiger partial charge in [0.2, 0.25) is 11.9 Å². The Hall–Kier alpha value is -3.14. The SMILES string of the molecule is CCN(c1nc(-c2cccc(Cl)c2)nc(N2CCN(c3ncccc3C(F)(F)F)CC2)n1)C1CCCCC1. The minimum Gasteiger partial charge on any atom is -0.353 e. The molecule has 1 saturated carbocycles. The molecule has 202 valence electrons. The molecule has 1 aromatic carbocycles. The molecule has 0 unspecified atom stereocenters. The zero-order chi connectivity index (χ0) is 26.7. The molecule has 2 fully saturated rings. The summed E-state index contributed by atoms with van der Waals surface area (Å²) < 4.78 is 40.7. The van der Waals surface area contributed by atoms with Crippen molar-refractivity contribution in [3.8, 4) is 11.4 Å². The van der Waals surface area contributed by atoms with Gasteiger partial charge < -0.3 is 14.7 Å². The van der Waals surface area contributed by atoms with Gasteiger partial charge in [0.05, 0.1) is 5.56 Å². The van der Waals surface area contributed by atoms with Crippen LogP contribution in [0.3, 0.4) is 0 Å². The molecule has 0 N–H and O–H groups in total.